The Morgan fingerprint density at radius 1 is 0.851 bits per heavy atom. The molecule has 0 amide bonds. The summed E-state index contributed by atoms with van der Waals surface area (Å²) in [6.07, 6.45) is 3.37. The van der Waals surface area contributed by atoms with Gasteiger partial charge in [-0.1, -0.05) is 47.3 Å². The Balaban J connectivity index is 0.000000211. The molecule has 239 valence electrons. The van der Waals surface area contributed by atoms with E-state index in [4.69, 9.17) is 9.90 Å². The predicted molar refractivity (Wildman–Crippen MR) is 189 cm³/mol. The molecule has 0 unspecified atom stereocenters. The van der Waals surface area contributed by atoms with Crippen molar-refractivity contribution >= 4 is 39.7 Å². The van der Waals surface area contributed by atoms with Gasteiger partial charge in [-0.15, -0.1) is 18.2 Å². The van der Waals surface area contributed by atoms with Crippen LogP contribution >= 0.6 is 0 Å². The molecule has 0 aliphatic rings. The van der Waals surface area contributed by atoms with Crippen molar-refractivity contribution in [2.24, 2.45) is 0 Å². The summed E-state index contributed by atoms with van der Waals surface area (Å²) >= 11 is -2.03. The number of aryl methyl sites for hydroxylation is 1. The number of pyridine rings is 3. The molecule has 4 aromatic heterocycles. The van der Waals surface area contributed by atoms with Crippen LogP contribution in [-0.4, -0.2) is 28.2 Å². The smallest absolute Gasteiger partial charge is 0.218 e. The molecular weight excluding hydrogens is 822 g/mol. The minimum atomic E-state index is -2.31. The first-order valence-electron chi connectivity index (χ1n) is 17.0. The van der Waals surface area contributed by atoms with Gasteiger partial charge < -0.3 is 9.40 Å². The summed E-state index contributed by atoms with van der Waals surface area (Å²) in [6.45, 7) is 1.60. The zero-order chi connectivity index (χ0) is 35.8. The number of furan rings is 1. The molecule has 0 bridgehead atoms. The zero-order valence-electron chi connectivity index (χ0n) is 30.8. The molecule has 4 nitrogen and oxygen atoms in total. The Hall–Kier alpha value is -3.97. The first kappa shape index (κ1) is 29.2. The number of aromatic nitrogens is 3. The third-order valence-electron chi connectivity index (χ3n) is 7.75. The molecule has 0 saturated carbocycles. The van der Waals surface area contributed by atoms with Crippen molar-refractivity contribution in [2.45, 2.75) is 43.9 Å². The fourth-order valence-corrected chi connectivity index (χ4v) is 8.72. The van der Waals surface area contributed by atoms with Crippen molar-refractivity contribution < 1.29 is 34.4 Å². The quantitative estimate of drug-likeness (QED) is 0.0983. The summed E-state index contributed by atoms with van der Waals surface area (Å²) in [5.74, 6) is 5.82. The van der Waals surface area contributed by atoms with Crippen LogP contribution in [0.4, 0.5) is 4.39 Å². The molecule has 1 radical (unpaired) electrons. The third kappa shape index (κ3) is 7.46. The largest absolute Gasteiger partial charge is 0.486 e. The van der Waals surface area contributed by atoms with E-state index in [0.29, 0.717) is 27.8 Å². The first-order chi connectivity index (χ1) is 23.6. The van der Waals surface area contributed by atoms with Gasteiger partial charge in [-0.2, -0.15) is 9.37 Å². The second-order valence-corrected chi connectivity index (χ2v) is 22.9. The molecule has 3 aromatic carbocycles. The van der Waals surface area contributed by atoms with Gasteiger partial charge in [0.15, 0.2) is 0 Å². The molecule has 0 aliphatic heterocycles. The van der Waals surface area contributed by atoms with E-state index < -0.39 is 32.0 Å². The van der Waals surface area contributed by atoms with Crippen LogP contribution in [-0.2, 0) is 20.1 Å². The first-order valence-corrected chi connectivity index (χ1v) is 22.4. The Labute approximate surface area is 297 Å². The van der Waals surface area contributed by atoms with Crippen LogP contribution in [0.1, 0.15) is 36.4 Å². The van der Waals surface area contributed by atoms with Crippen molar-refractivity contribution in [1.82, 2.24) is 15.0 Å². The number of rotatable bonds is 5. The molecule has 0 saturated heterocycles. The molecular formula is C40H36FGeIrN3O-2. The van der Waals surface area contributed by atoms with Crippen LogP contribution in [0.25, 0.3) is 55.7 Å². The molecule has 7 rings (SSSR count). The van der Waals surface area contributed by atoms with Gasteiger partial charge in [-0.25, -0.2) is 0 Å². The topological polar surface area (TPSA) is 51.8 Å². The maximum absolute atomic E-state index is 13.5. The van der Waals surface area contributed by atoms with E-state index in [1.807, 2.05) is 80.7 Å². The Morgan fingerprint density at radius 2 is 1.62 bits per heavy atom. The summed E-state index contributed by atoms with van der Waals surface area (Å²) in [6, 6.07) is 33.8. The van der Waals surface area contributed by atoms with Gasteiger partial charge in [0.05, 0.1) is 5.58 Å². The number of hydrogen-bond acceptors (Lipinski definition) is 4. The van der Waals surface area contributed by atoms with E-state index in [2.05, 4.69) is 50.4 Å². The average Bonchev–Trinajstić information content (AvgIpc) is 3.45. The zero-order valence-corrected chi connectivity index (χ0v) is 31.3. The predicted octanol–water partition coefficient (Wildman–Crippen LogP) is 10.2. The molecule has 7 aromatic rings. The molecule has 0 aliphatic carbocycles. The van der Waals surface area contributed by atoms with E-state index in [1.165, 1.54) is 16.7 Å². The Bertz CT molecular complexity index is 2300. The van der Waals surface area contributed by atoms with Crippen LogP contribution in [0, 0.1) is 24.9 Å². The third-order valence-corrected chi connectivity index (χ3v) is 12.0. The molecule has 0 spiro atoms. The maximum atomic E-state index is 13.5. The summed E-state index contributed by atoms with van der Waals surface area (Å²) in [4.78, 5) is 12.8. The van der Waals surface area contributed by atoms with Crippen molar-refractivity contribution in [1.29, 1.82) is 0 Å². The van der Waals surface area contributed by atoms with Crippen molar-refractivity contribution in [3.05, 3.63) is 133 Å². The van der Waals surface area contributed by atoms with E-state index in [-0.39, 0.29) is 31.4 Å². The summed E-state index contributed by atoms with van der Waals surface area (Å²) in [5.41, 5.74) is 6.24. The van der Waals surface area contributed by atoms with E-state index in [1.54, 1.807) is 18.2 Å². The molecule has 47 heavy (non-hydrogen) atoms. The van der Waals surface area contributed by atoms with Crippen molar-refractivity contribution in [3.8, 4) is 33.6 Å². The standard InChI is InChI=1S/C23H14FN2O.C17H22GeN.Ir/c1-14-13-25-20(12-19(14)15-6-3-2-4-7-15)18-9-5-8-16-17-10-11-21(24)26-23(17)27-22(16)18;1-13(2)15-11-17(14-9-7-6-8-10-14)19-12-16(15)18(3,4)5;/h2-8,10-13H,1H3;6-9,11-13H,1-5H3;/q2*-1;/i1D3;13D;. The molecule has 0 N–H and O–H groups in total. The van der Waals surface area contributed by atoms with Crippen LogP contribution in [0.5, 0.6) is 0 Å². The van der Waals surface area contributed by atoms with Crippen molar-refractivity contribution in [2.75, 3.05) is 0 Å². The van der Waals surface area contributed by atoms with Gasteiger partial charge in [-0.3, -0.25) is 0 Å². The summed E-state index contributed by atoms with van der Waals surface area (Å²) in [5, 5.41) is 1.44. The Kier molecular flexibility index (Phi) is 8.96. The molecule has 4 heterocycles. The number of halogens is 1. The minimum absolute atomic E-state index is 0. The van der Waals surface area contributed by atoms with Crippen LogP contribution in [0.2, 0.25) is 17.3 Å². The second kappa shape index (κ2) is 14.4. The van der Waals surface area contributed by atoms with Gasteiger partial charge in [0.1, 0.15) is 0 Å². The summed E-state index contributed by atoms with van der Waals surface area (Å²) in [7, 11) is 0. The number of nitrogens with zero attached hydrogens (tertiary/aromatic N) is 3. The van der Waals surface area contributed by atoms with E-state index in [0.717, 1.165) is 27.8 Å². The second-order valence-electron chi connectivity index (χ2n) is 12.3. The number of benzene rings is 3. The average molecular weight is 863 g/mol. The SMILES string of the molecule is [2H]C(C)(C)c1cc(-c2[c-]cccc2)nc[c]1[Ge]([CH3])([CH3])[CH3].[2H]C([2H])([2H])c1cnc(-c2[c-]ccc3c2oc2nc(F)ccc23)cc1-c1ccccc1.[Ir]. The van der Waals surface area contributed by atoms with Crippen LogP contribution in [0.3, 0.4) is 0 Å². The molecule has 7 heteroatoms. The van der Waals surface area contributed by atoms with Crippen LogP contribution in [0.15, 0.2) is 108 Å². The fourth-order valence-electron chi connectivity index (χ4n) is 5.41. The summed E-state index contributed by atoms with van der Waals surface area (Å²) < 4.78 is 52.8. The Morgan fingerprint density at radius 3 is 2.32 bits per heavy atom. The normalized spacial score (nSPS) is 13.1. The molecule has 0 fully saturated rings. The molecule has 0 atom stereocenters. The van der Waals surface area contributed by atoms with Crippen molar-refractivity contribution in [3.63, 3.8) is 0 Å². The maximum Gasteiger partial charge on any atom is 0.218 e. The van der Waals surface area contributed by atoms with Gasteiger partial charge in [-0.05, 0) is 41.4 Å². The van der Waals surface area contributed by atoms with Gasteiger partial charge >= 0.3 is 120 Å². The number of fused-ring (bicyclic) bond motifs is 3. The minimum Gasteiger partial charge on any atom is -0.486 e. The van der Waals surface area contributed by atoms with Crippen LogP contribution < -0.4 is 4.40 Å². The van der Waals surface area contributed by atoms with E-state index >= 15 is 0 Å². The fraction of sp³-hybridized carbons (Fsp3) is 0.175. The van der Waals surface area contributed by atoms with Gasteiger partial charge in [0.2, 0.25) is 11.7 Å². The number of hydrogen-bond donors (Lipinski definition) is 0. The van der Waals surface area contributed by atoms with Gasteiger partial charge in [0.25, 0.3) is 0 Å². The van der Waals surface area contributed by atoms with E-state index in [9.17, 15) is 4.39 Å². The monoisotopic (exact) mass is 864 g/mol. The van der Waals surface area contributed by atoms with Gasteiger partial charge in [0, 0.05) is 35.8 Å².